The Kier molecular flexibility index (Phi) is 5.56. The first-order valence-corrected chi connectivity index (χ1v) is 8.47. The lowest BCUT2D eigenvalue weighted by atomic mass is 10.0. The Balaban J connectivity index is 1.69. The van der Waals surface area contributed by atoms with E-state index in [1.54, 1.807) is 12.1 Å². The summed E-state index contributed by atoms with van der Waals surface area (Å²) in [4.78, 5) is 12.2. The van der Waals surface area contributed by atoms with E-state index in [0.717, 1.165) is 11.1 Å². The highest BCUT2D eigenvalue weighted by Crippen LogP contribution is 2.29. The standard InChI is InChI=1S/C20H14Cl2N2O2/c21-17-10-16(19(25)18(22)11-17)12-23-24-20(26)15-8-6-14(7-9-15)13-4-2-1-3-5-13/h1-12,25H,(H,24,26). The Morgan fingerprint density at radius 2 is 1.62 bits per heavy atom. The van der Waals surface area contributed by atoms with Crippen molar-refractivity contribution in [3.63, 3.8) is 0 Å². The summed E-state index contributed by atoms with van der Waals surface area (Å²) in [7, 11) is 0. The lowest BCUT2D eigenvalue weighted by Crippen LogP contribution is -2.17. The van der Waals surface area contributed by atoms with Crippen LogP contribution in [0.5, 0.6) is 5.75 Å². The smallest absolute Gasteiger partial charge is 0.271 e. The van der Waals surface area contributed by atoms with Gasteiger partial charge in [0.15, 0.2) is 0 Å². The molecule has 1 amide bonds. The predicted molar refractivity (Wildman–Crippen MR) is 105 cm³/mol. The van der Waals surface area contributed by atoms with E-state index in [9.17, 15) is 9.90 Å². The van der Waals surface area contributed by atoms with Crippen molar-refractivity contribution in [3.8, 4) is 16.9 Å². The molecule has 0 bridgehead atoms. The van der Waals surface area contributed by atoms with Crippen LogP contribution in [-0.2, 0) is 0 Å². The first-order chi connectivity index (χ1) is 12.5. The number of halogens is 2. The van der Waals surface area contributed by atoms with Gasteiger partial charge in [-0.2, -0.15) is 5.10 Å². The lowest BCUT2D eigenvalue weighted by molar-refractivity contribution is 0.0955. The van der Waals surface area contributed by atoms with Crippen LogP contribution in [0.15, 0.2) is 71.8 Å². The quantitative estimate of drug-likeness (QED) is 0.483. The largest absolute Gasteiger partial charge is 0.506 e. The number of phenolic OH excluding ortho intramolecular Hbond substituents is 1. The number of hydrogen-bond donors (Lipinski definition) is 2. The topological polar surface area (TPSA) is 61.7 Å². The molecule has 0 unspecified atom stereocenters. The van der Waals surface area contributed by atoms with Gasteiger partial charge >= 0.3 is 0 Å². The van der Waals surface area contributed by atoms with Gasteiger partial charge in [-0.15, -0.1) is 0 Å². The molecule has 0 aliphatic heterocycles. The molecule has 0 aliphatic rings. The average molecular weight is 385 g/mol. The minimum atomic E-state index is -0.367. The molecule has 26 heavy (non-hydrogen) atoms. The van der Waals surface area contributed by atoms with Gasteiger partial charge < -0.3 is 5.11 Å². The molecular weight excluding hydrogens is 371 g/mol. The zero-order valence-electron chi connectivity index (χ0n) is 13.5. The van der Waals surface area contributed by atoms with E-state index >= 15 is 0 Å². The van der Waals surface area contributed by atoms with Crippen molar-refractivity contribution in [2.75, 3.05) is 0 Å². The summed E-state index contributed by atoms with van der Waals surface area (Å²) in [5, 5.41) is 14.2. The second-order valence-electron chi connectivity index (χ2n) is 5.47. The highest BCUT2D eigenvalue weighted by Gasteiger charge is 2.07. The number of nitrogens with one attached hydrogen (secondary N) is 1. The molecule has 4 nitrogen and oxygen atoms in total. The summed E-state index contributed by atoms with van der Waals surface area (Å²) in [5.41, 5.74) is 5.27. The van der Waals surface area contributed by atoms with Crippen LogP contribution in [0.2, 0.25) is 10.0 Å². The molecule has 0 radical (unpaired) electrons. The molecule has 2 N–H and O–H groups in total. The summed E-state index contributed by atoms with van der Waals surface area (Å²) in [5.74, 6) is -0.519. The van der Waals surface area contributed by atoms with Gasteiger partial charge in [-0.1, -0.05) is 65.7 Å². The molecule has 3 aromatic rings. The summed E-state index contributed by atoms with van der Waals surface area (Å²) in [6.07, 6.45) is 1.28. The number of amides is 1. The second-order valence-corrected chi connectivity index (χ2v) is 6.31. The fourth-order valence-corrected chi connectivity index (χ4v) is 2.86. The van der Waals surface area contributed by atoms with E-state index in [1.165, 1.54) is 18.3 Å². The fraction of sp³-hybridized carbons (Fsp3) is 0. The zero-order valence-corrected chi connectivity index (χ0v) is 15.0. The summed E-state index contributed by atoms with van der Waals surface area (Å²) < 4.78 is 0. The minimum absolute atomic E-state index is 0.113. The van der Waals surface area contributed by atoms with Crippen LogP contribution in [0.25, 0.3) is 11.1 Å². The van der Waals surface area contributed by atoms with Crippen LogP contribution < -0.4 is 5.43 Å². The molecule has 0 saturated heterocycles. The van der Waals surface area contributed by atoms with Gasteiger partial charge in [-0.05, 0) is 35.4 Å². The van der Waals surface area contributed by atoms with Gasteiger partial charge in [0.2, 0.25) is 0 Å². The third-order valence-corrected chi connectivity index (χ3v) is 4.19. The molecule has 0 aliphatic carbocycles. The molecule has 130 valence electrons. The maximum absolute atomic E-state index is 12.2. The fourth-order valence-electron chi connectivity index (χ4n) is 2.35. The van der Waals surface area contributed by atoms with E-state index in [4.69, 9.17) is 23.2 Å². The molecule has 0 fully saturated rings. The molecule has 0 spiro atoms. The van der Waals surface area contributed by atoms with Crippen molar-refractivity contribution < 1.29 is 9.90 Å². The van der Waals surface area contributed by atoms with E-state index in [-0.39, 0.29) is 16.7 Å². The van der Waals surface area contributed by atoms with Crippen LogP contribution in [0.1, 0.15) is 15.9 Å². The third kappa shape index (κ3) is 4.23. The van der Waals surface area contributed by atoms with Gasteiger partial charge in [-0.25, -0.2) is 5.43 Å². The monoisotopic (exact) mass is 384 g/mol. The third-order valence-electron chi connectivity index (χ3n) is 3.68. The predicted octanol–water partition coefficient (Wildman–Crippen LogP) is 5.13. The molecule has 3 aromatic carbocycles. The number of phenols is 1. The SMILES string of the molecule is O=C(NN=Cc1cc(Cl)cc(Cl)c1O)c1ccc(-c2ccccc2)cc1. The number of carbonyl (C=O) groups is 1. The van der Waals surface area contributed by atoms with Gasteiger partial charge in [-0.3, -0.25) is 4.79 Å². The number of hydrogen-bond acceptors (Lipinski definition) is 3. The zero-order chi connectivity index (χ0) is 18.5. The molecule has 0 heterocycles. The highest BCUT2D eigenvalue weighted by atomic mass is 35.5. The van der Waals surface area contributed by atoms with E-state index < -0.39 is 0 Å². The van der Waals surface area contributed by atoms with Crippen LogP contribution in [-0.4, -0.2) is 17.2 Å². The Morgan fingerprint density at radius 1 is 0.962 bits per heavy atom. The van der Waals surface area contributed by atoms with Crippen LogP contribution >= 0.6 is 23.2 Å². The van der Waals surface area contributed by atoms with Gasteiger partial charge in [0.25, 0.3) is 5.91 Å². The van der Waals surface area contributed by atoms with E-state index in [0.29, 0.717) is 16.1 Å². The molecular formula is C20H14Cl2N2O2. The van der Waals surface area contributed by atoms with Crippen molar-refractivity contribution in [1.82, 2.24) is 5.43 Å². The van der Waals surface area contributed by atoms with E-state index in [1.807, 2.05) is 42.5 Å². The molecule has 0 saturated carbocycles. The molecule has 6 heteroatoms. The second kappa shape index (κ2) is 8.04. The van der Waals surface area contributed by atoms with Crippen molar-refractivity contribution >= 4 is 35.3 Å². The number of carbonyl (C=O) groups excluding carboxylic acids is 1. The van der Waals surface area contributed by atoms with Crippen molar-refractivity contribution in [2.24, 2.45) is 5.10 Å². The van der Waals surface area contributed by atoms with Crippen LogP contribution in [0, 0.1) is 0 Å². The summed E-state index contributed by atoms with van der Waals surface area (Å²) in [6, 6.07) is 20.0. The Labute approximate surface area is 160 Å². The average Bonchev–Trinajstić information content (AvgIpc) is 2.66. The summed E-state index contributed by atoms with van der Waals surface area (Å²) >= 11 is 11.7. The number of hydrazone groups is 1. The Bertz CT molecular complexity index is 956. The van der Waals surface area contributed by atoms with Crippen molar-refractivity contribution in [1.29, 1.82) is 0 Å². The van der Waals surface area contributed by atoms with Crippen molar-refractivity contribution in [2.45, 2.75) is 0 Å². The van der Waals surface area contributed by atoms with Crippen LogP contribution in [0.3, 0.4) is 0 Å². The Hall–Kier alpha value is -2.82. The highest BCUT2D eigenvalue weighted by molar-refractivity contribution is 6.36. The molecule has 0 aromatic heterocycles. The van der Waals surface area contributed by atoms with Crippen LogP contribution in [0.4, 0.5) is 0 Å². The number of rotatable bonds is 4. The van der Waals surface area contributed by atoms with E-state index in [2.05, 4.69) is 10.5 Å². The Morgan fingerprint density at radius 3 is 2.31 bits per heavy atom. The molecule has 0 atom stereocenters. The minimum Gasteiger partial charge on any atom is -0.506 e. The maximum Gasteiger partial charge on any atom is 0.271 e. The molecule has 3 rings (SSSR count). The number of benzene rings is 3. The van der Waals surface area contributed by atoms with Crippen molar-refractivity contribution in [3.05, 3.63) is 87.9 Å². The van der Waals surface area contributed by atoms with Gasteiger partial charge in [0.1, 0.15) is 5.75 Å². The normalized spacial score (nSPS) is 10.8. The lowest BCUT2D eigenvalue weighted by Gasteiger charge is -2.04. The number of nitrogens with zero attached hydrogens (tertiary/aromatic N) is 1. The van der Waals surface area contributed by atoms with Gasteiger partial charge in [0.05, 0.1) is 11.2 Å². The maximum atomic E-state index is 12.2. The summed E-state index contributed by atoms with van der Waals surface area (Å²) in [6.45, 7) is 0. The first-order valence-electron chi connectivity index (χ1n) is 7.71. The first kappa shape index (κ1) is 18.0. The number of aromatic hydroxyl groups is 1. The van der Waals surface area contributed by atoms with Gasteiger partial charge in [0, 0.05) is 16.1 Å².